The van der Waals surface area contributed by atoms with Gasteiger partial charge in [-0.15, -0.1) is 12.4 Å². The van der Waals surface area contributed by atoms with Crippen molar-refractivity contribution in [1.82, 2.24) is 4.90 Å². The fraction of sp³-hybridized carbons (Fsp3) is 0.538. The number of likely N-dealkylation sites (tertiary alicyclic amines) is 1. The van der Waals surface area contributed by atoms with Crippen LogP contribution in [0.3, 0.4) is 0 Å². The zero-order valence-electron chi connectivity index (χ0n) is 20.5. The van der Waals surface area contributed by atoms with Crippen LogP contribution in [-0.4, -0.2) is 50.2 Å². The molecular formula is C26H35ClF3N5S. The lowest BCUT2D eigenvalue weighted by molar-refractivity contribution is -0.137. The lowest BCUT2D eigenvalue weighted by Gasteiger charge is -2.34. The van der Waals surface area contributed by atoms with Crippen LogP contribution >= 0.6 is 24.2 Å². The third-order valence-electron chi connectivity index (χ3n) is 7.42. The van der Waals surface area contributed by atoms with Gasteiger partial charge in [-0.05, 0) is 61.9 Å². The zero-order valence-corrected chi connectivity index (χ0v) is 22.2. The Bertz CT molecular complexity index is 1050. The molecule has 0 atom stereocenters. The molecule has 0 aliphatic carbocycles. The van der Waals surface area contributed by atoms with E-state index in [0.717, 1.165) is 73.4 Å². The van der Waals surface area contributed by atoms with E-state index in [0.29, 0.717) is 17.1 Å². The van der Waals surface area contributed by atoms with Gasteiger partial charge < -0.3 is 26.2 Å². The lowest BCUT2D eigenvalue weighted by atomic mass is 9.99. The minimum Gasteiger partial charge on any atom is -0.380 e. The standard InChI is InChI=1S/C26H34F3N5S.ClH/c1-17-4-11-34(12-5-17)20-2-3-21-23(16-20)35-24-15-18(26(27,28)29)14-22(25(24)32-21)31-19-6-9-33(10-7-19)13-8-30;/h2-3,14-17,19,31-32H,4-13,30H2,1H3;1H. The molecule has 0 saturated carbocycles. The van der Waals surface area contributed by atoms with E-state index in [1.807, 2.05) is 0 Å². The summed E-state index contributed by atoms with van der Waals surface area (Å²) in [6.45, 7) is 7.61. The highest BCUT2D eigenvalue weighted by Crippen LogP contribution is 2.50. The summed E-state index contributed by atoms with van der Waals surface area (Å²) in [5, 5.41) is 6.89. The van der Waals surface area contributed by atoms with Crippen molar-refractivity contribution in [3.63, 3.8) is 0 Å². The molecule has 198 valence electrons. The summed E-state index contributed by atoms with van der Waals surface area (Å²) in [6, 6.07) is 8.97. The number of rotatable bonds is 5. The number of piperidine rings is 2. The largest absolute Gasteiger partial charge is 0.416 e. The molecule has 3 aliphatic rings. The Hall–Kier alpha value is -1.81. The summed E-state index contributed by atoms with van der Waals surface area (Å²) in [5.74, 6) is 0.742. The van der Waals surface area contributed by atoms with Gasteiger partial charge in [0.2, 0.25) is 0 Å². The second-order valence-corrected chi connectivity index (χ2v) is 11.1. The number of alkyl halides is 3. The number of nitrogens with zero attached hydrogens (tertiary/aromatic N) is 2. The van der Waals surface area contributed by atoms with Crippen molar-refractivity contribution in [2.45, 2.75) is 54.6 Å². The molecule has 3 heterocycles. The smallest absolute Gasteiger partial charge is 0.380 e. The maximum Gasteiger partial charge on any atom is 0.416 e. The molecule has 5 rings (SSSR count). The highest BCUT2D eigenvalue weighted by atomic mass is 35.5. The predicted molar refractivity (Wildman–Crippen MR) is 145 cm³/mol. The van der Waals surface area contributed by atoms with E-state index in [-0.39, 0.29) is 18.4 Å². The van der Waals surface area contributed by atoms with Gasteiger partial charge in [0, 0.05) is 60.8 Å². The monoisotopic (exact) mass is 541 g/mol. The predicted octanol–water partition coefficient (Wildman–Crippen LogP) is 6.41. The molecule has 2 aromatic rings. The van der Waals surface area contributed by atoms with Crippen molar-refractivity contribution >= 4 is 46.9 Å². The lowest BCUT2D eigenvalue weighted by Crippen LogP contribution is -2.41. The minimum absolute atomic E-state index is 0. The Morgan fingerprint density at radius 3 is 2.42 bits per heavy atom. The topological polar surface area (TPSA) is 56.6 Å². The van der Waals surface area contributed by atoms with Crippen molar-refractivity contribution in [3.05, 3.63) is 35.9 Å². The van der Waals surface area contributed by atoms with E-state index in [4.69, 9.17) is 5.73 Å². The van der Waals surface area contributed by atoms with Gasteiger partial charge in [-0.1, -0.05) is 18.7 Å². The number of halogens is 4. The van der Waals surface area contributed by atoms with Crippen molar-refractivity contribution in [1.29, 1.82) is 0 Å². The third-order valence-corrected chi connectivity index (χ3v) is 8.52. The van der Waals surface area contributed by atoms with Crippen LogP contribution in [0.5, 0.6) is 0 Å². The highest BCUT2D eigenvalue weighted by Gasteiger charge is 2.34. The van der Waals surface area contributed by atoms with Gasteiger partial charge in [0.1, 0.15) is 0 Å². The maximum atomic E-state index is 13.8. The molecule has 36 heavy (non-hydrogen) atoms. The molecular weight excluding hydrogens is 507 g/mol. The second kappa shape index (κ2) is 11.3. The van der Waals surface area contributed by atoms with Crippen LogP contribution in [0.4, 0.5) is 35.9 Å². The van der Waals surface area contributed by atoms with E-state index in [2.05, 4.69) is 45.6 Å². The fourth-order valence-corrected chi connectivity index (χ4v) is 6.32. The number of fused-ring (bicyclic) bond motifs is 2. The molecule has 0 amide bonds. The van der Waals surface area contributed by atoms with Crippen LogP contribution in [0.2, 0.25) is 0 Å². The Labute approximate surface area is 221 Å². The Balaban J connectivity index is 0.00000304. The van der Waals surface area contributed by atoms with Gasteiger partial charge in [0.25, 0.3) is 0 Å². The maximum absolute atomic E-state index is 13.8. The van der Waals surface area contributed by atoms with Gasteiger partial charge in [-0.25, -0.2) is 0 Å². The average molecular weight is 542 g/mol. The normalized spacial score (nSPS) is 19.2. The van der Waals surface area contributed by atoms with Crippen LogP contribution in [0.15, 0.2) is 40.1 Å². The van der Waals surface area contributed by atoms with Gasteiger partial charge in [0.05, 0.1) is 22.6 Å². The highest BCUT2D eigenvalue weighted by molar-refractivity contribution is 7.99. The van der Waals surface area contributed by atoms with Crippen molar-refractivity contribution in [2.24, 2.45) is 11.7 Å². The molecule has 5 nitrogen and oxygen atoms in total. The molecule has 0 spiro atoms. The number of benzene rings is 2. The molecule has 0 bridgehead atoms. The fourth-order valence-electron chi connectivity index (χ4n) is 5.22. The van der Waals surface area contributed by atoms with E-state index >= 15 is 0 Å². The van der Waals surface area contributed by atoms with Crippen LogP contribution in [0, 0.1) is 5.92 Å². The van der Waals surface area contributed by atoms with Gasteiger partial charge in [-0.2, -0.15) is 13.2 Å². The average Bonchev–Trinajstić information content (AvgIpc) is 2.84. The number of nitrogens with one attached hydrogen (secondary N) is 2. The molecule has 0 radical (unpaired) electrons. The van der Waals surface area contributed by atoms with Crippen molar-refractivity contribution in [3.8, 4) is 0 Å². The molecule has 0 unspecified atom stereocenters. The Morgan fingerprint density at radius 2 is 1.75 bits per heavy atom. The first-order valence-electron chi connectivity index (χ1n) is 12.6. The third kappa shape index (κ3) is 6.01. The number of anilines is 4. The first kappa shape index (κ1) is 27.2. The van der Waals surface area contributed by atoms with Crippen molar-refractivity contribution in [2.75, 3.05) is 54.8 Å². The first-order chi connectivity index (χ1) is 16.8. The number of hydrogen-bond donors (Lipinski definition) is 3. The Kier molecular flexibility index (Phi) is 8.54. The molecule has 4 N–H and O–H groups in total. The zero-order chi connectivity index (χ0) is 24.6. The van der Waals surface area contributed by atoms with E-state index < -0.39 is 11.7 Å². The summed E-state index contributed by atoms with van der Waals surface area (Å²) in [4.78, 5) is 6.27. The molecule has 3 aliphatic heterocycles. The first-order valence-corrected chi connectivity index (χ1v) is 13.4. The number of nitrogens with two attached hydrogens (primary N) is 1. The summed E-state index contributed by atoms with van der Waals surface area (Å²) in [7, 11) is 0. The number of hydrogen-bond acceptors (Lipinski definition) is 6. The minimum atomic E-state index is -4.40. The molecule has 10 heteroatoms. The molecule has 0 aromatic heterocycles. The van der Waals surface area contributed by atoms with E-state index in [1.54, 1.807) is 0 Å². The van der Waals surface area contributed by atoms with Crippen LogP contribution in [-0.2, 0) is 6.18 Å². The quantitative estimate of drug-likeness (QED) is 0.347. The van der Waals surface area contributed by atoms with Crippen molar-refractivity contribution < 1.29 is 13.2 Å². The summed E-state index contributed by atoms with van der Waals surface area (Å²) < 4.78 is 41.4. The van der Waals surface area contributed by atoms with Gasteiger partial charge >= 0.3 is 6.18 Å². The SMILES string of the molecule is CC1CCN(c2ccc3c(c2)Sc2cc(C(F)(F)F)cc(NC4CCN(CCN)CC4)c2N3)CC1.Cl. The molecule has 2 aromatic carbocycles. The van der Waals surface area contributed by atoms with E-state index in [1.165, 1.54) is 36.7 Å². The van der Waals surface area contributed by atoms with Gasteiger partial charge in [0.15, 0.2) is 0 Å². The van der Waals surface area contributed by atoms with E-state index in [9.17, 15) is 13.2 Å². The van der Waals surface area contributed by atoms with Crippen LogP contribution < -0.4 is 21.3 Å². The molecule has 2 fully saturated rings. The van der Waals surface area contributed by atoms with Crippen LogP contribution in [0.25, 0.3) is 0 Å². The van der Waals surface area contributed by atoms with Crippen LogP contribution in [0.1, 0.15) is 38.2 Å². The summed E-state index contributed by atoms with van der Waals surface area (Å²) in [6.07, 6.45) is -0.302. The Morgan fingerprint density at radius 1 is 1.03 bits per heavy atom. The summed E-state index contributed by atoms with van der Waals surface area (Å²) >= 11 is 1.42. The second-order valence-electron chi connectivity index (χ2n) is 10.0. The molecule has 2 saturated heterocycles. The van der Waals surface area contributed by atoms with Gasteiger partial charge in [-0.3, -0.25) is 0 Å². The summed E-state index contributed by atoms with van der Waals surface area (Å²) in [5.41, 5.74) is 8.40.